The highest BCUT2D eigenvalue weighted by Crippen LogP contribution is 2.33. The van der Waals surface area contributed by atoms with E-state index in [1.54, 1.807) is 18.2 Å². The molecule has 4 amide bonds. The van der Waals surface area contributed by atoms with Crippen molar-refractivity contribution in [2.24, 2.45) is 5.73 Å². The molecular formula is C11H12N4O4. The number of carbonyl (C=O) groups excluding carboxylic acids is 3. The fourth-order valence-corrected chi connectivity index (χ4v) is 1.71. The van der Waals surface area contributed by atoms with Gasteiger partial charge in [0.05, 0.1) is 5.69 Å². The normalized spacial score (nSPS) is 13.5. The Morgan fingerprint density at radius 1 is 1.42 bits per heavy atom. The molecule has 0 saturated heterocycles. The molecule has 0 unspecified atom stereocenters. The van der Waals surface area contributed by atoms with E-state index in [4.69, 9.17) is 16.2 Å². The molecule has 0 spiro atoms. The minimum atomic E-state index is -0.969. The number of fused-ring (bicyclic) bond motifs is 1. The summed E-state index contributed by atoms with van der Waals surface area (Å²) in [5.41, 5.74) is 11.3. The summed E-state index contributed by atoms with van der Waals surface area (Å²) in [7, 11) is 0. The van der Waals surface area contributed by atoms with Crippen LogP contribution < -0.4 is 26.4 Å². The molecule has 2 rings (SSSR count). The zero-order valence-corrected chi connectivity index (χ0v) is 9.88. The van der Waals surface area contributed by atoms with Crippen molar-refractivity contribution < 1.29 is 19.1 Å². The number of nitrogens with one attached hydrogen (secondary N) is 1. The fraction of sp³-hybridized carbons (Fsp3) is 0.182. The topological polar surface area (TPSA) is 128 Å². The maximum Gasteiger partial charge on any atom is 0.318 e. The number of nitrogens with zero attached hydrogens (tertiary/aromatic N) is 1. The minimum Gasteiger partial charge on any atom is -0.481 e. The van der Waals surface area contributed by atoms with Crippen LogP contribution in [-0.4, -0.2) is 31.0 Å². The van der Waals surface area contributed by atoms with Crippen molar-refractivity contribution in [3.05, 3.63) is 18.2 Å². The number of nitrogens with two attached hydrogens (primary N) is 2. The summed E-state index contributed by atoms with van der Waals surface area (Å²) in [6.07, 6.45) is 0. The zero-order chi connectivity index (χ0) is 14.0. The number of amides is 4. The van der Waals surface area contributed by atoms with E-state index in [1.165, 1.54) is 4.90 Å². The number of benzene rings is 1. The van der Waals surface area contributed by atoms with E-state index in [1.807, 2.05) is 5.32 Å². The van der Waals surface area contributed by atoms with Gasteiger partial charge in [-0.25, -0.2) is 4.79 Å². The van der Waals surface area contributed by atoms with Crippen molar-refractivity contribution in [2.75, 3.05) is 23.8 Å². The molecule has 19 heavy (non-hydrogen) atoms. The van der Waals surface area contributed by atoms with Gasteiger partial charge in [-0.2, -0.15) is 0 Å². The first-order valence-corrected chi connectivity index (χ1v) is 5.39. The summed E-state index contributed by atoms with van der Waals surface area (Å²) in [6, 6.07) is 3.74. The number of nitrogen functional groups attached to an aromatic ring is 1. The van der Waals surface area contributed by atoms with Crippen LogP contribution in [0.3, 0.4) is 0 Å². The molecule has 5 N–H and O–H groups in total. The first-order chi connectivity index (χ1) is 8.97. The Morgan fingerprint density at radius 3 is 2.84 bits per heavy atom. The summed E-state index contributed by atoms with van der Waals surface area (Å²) in [5.74, 6) is -0.658. The number of hydrogen-bond acceptors (Lipinski definition) is 5. The van der Waals surface area contributed by atoms with E-state index in [-0.39, 0.29) is 13.2 Å². The summed E-state index contributed by atoms with van der Waals surface area (Å²) in [6.45, 7) is -0.512. The van der Waals surface area contributed by atoms with Gasteiger partial charge in [0.2, 0.25) is 5.91 Å². The molecule has 1 heterocycles. The number of ether oxygens (including phenoxy) is 1. The van der Waals surface area contributed by atoms with Gasteiger partial charge in [0, 0.05) is 11.8 Å². The lowest BCUT2D eigenvalue weighted by Crippen LogP contribution is -2.47. The maximum absolute atomic E-state index is 11.7. The Bertz CT molecular complexity index is 558. The van der Waals surface area contributed by atoms with Crippen molar-refractivity contribution in [1.29, 1.82) is 0 Å². The Balaban J connectivity index is 2.23. The molecule has 0 aromatic heterocycles. The van der Waals surface area contributed by atoms with Gasteiger partial charge < -0.3 is 16.2 Å². The van der Waals surface area contributed by atoms with Crippen molar-refractivity contribution in [1.82, 2.24) is 5.32 Å². The lowest BCUT2D eigenvalue weighted by molar-refractivity contribution is -0.124. The Kier molecular flexibility index (Phi) is 3.23. The summed E-state index contributed by atoms with van der Waals surface area (Å²) >= 11 is 0. The quantitative estimate of drug-likeness (QED) is 0.602. The summed E-state index contributed by atoms with van der Waals surface area (Å²) in [4.78, 5) is 35.0. The van der Waals surface area contributed by atoms with E-state index < -0.39 is 17.8 Å². The van der Waals surface area contributed by atoms with Crippen molar-refractivity contribution in [2.45, 2.75) is 0 Å². The average molecular weight is 264 g/mol. The number of hydrogen-bond donors (Lipinski definition) is 3. The van der Waals surface area contributed by atoms with Crippen molar-refractivity contribution >= 4 is 29.2 Å². The van der Waals surface area contributed by atoms with Gasteiger partial charge in [-0.1, -0.05) is 0 Å². The highest BCUT2D eigenvalue weighted by atomic mass is 16.5. The Labute approximate surface area is 108 Å². The molecule has 0 saturated carbocycles. The first-order valence-electron chi connectivity index (χ1n) is 5.39. The van der Waals surface area contributed by atoms with E-state index in [0.717, 1.165) is 0 Å². The monoisotopic (exact) mass is 264 g/mol. The predicted octanol–water partition coefficient (Wildman–Crippen LogP) is -0.811. The second-order valence-electron chi connectivity index (χ2n) is 3.91. The average Bonchev–Trinajstić information content (AvgIpc) is 2.32. The van der Waals surface area contributed by atoms with Gasteiger partial charge in [-0.05, 0) is 12.1 Å². The van der Waals surface area contributed by atoms with Crippen LogP contribution in [0.1, 0.15) is 0 Å². The lowest BCUT2D eigenvalue weighted by Gasteiger charge is -2.28. The smallest absolute Gasteiger partial charge is 0.318 e. The largest absolute Gasteiger partial charge is 0.481 e. The molecular weight excluding hydrogens is 252 g/mol. The summed E-state index contributed by atoms with van der Waals surface area (Å²) in [5, 5.41) is 1.89. The highest BCUT2D eigenvalue weighted by molar-refractivity contribution is 6.04. The van der Waals surface area contributed by atoms with Crippen LogP contribution in [-0.2, 0) is 9.59 Å². The summed E-state index contributed by atoms with van der Waals surface area (Å²) < 4.78 is 5.21. The fourth-order valence-electron chi connectivity index (χ4n) is 1.71. The molecule has 8 heteroatoms. The van der Waals surface area contributed by atoms with Gasteiger partial charge in [-0.15, -0.1) is 0 Å². The Morgan fingerprint density at radius 2 is 2.16 bits per heavy atom. The molecule has 0 bridgehead atoms. The van der Waals surface area contributed by atoms with Crippen LogP contribution in [0.25, 0.3) is 0 Å². The third-order valence-corrected chi connectivity index (χ3v) is 2.49. The van der Waals surface area contributed by atoms with Crippen LogP contribution in [0, 0.1) is 0 Å². The standard InChI is InChI=1S/C11H12N4O4/c12-6-1-2-7-8(3-6)19-5-10(17)15(7)4-9(16)14-11(13)18/h1-3H,4-5,12H2,(H3,13,14,16,18). The van der Waals surface area contributed by atoms with Crippen LogP contribution in [0.4, 0.5) is 16.2 Å². The Hall–Kier alpha value is -2.77. The molecule has 1 aromatic rings. The van der Waals surface area contributed by atoms with E-state index in [2.05, 4.69) is 0 Å². The molecule has 1 aromatic carbocycles. The molecule has 1 aliphatic heterocycles. The SMILES string of the molecule is NC(=O)NC(=O)CN1C(=O)COc2cc(N)ccc21. The number of rotatable bonds is 2. The maximum atomic E-state index is 11.7. The zero-order valence-electron chi connectivity index (χ0n) is 9.88. The van der Waals surface area contributed by atoms with Gasteiger partial charge in [-0.3, -0.25) is 19.8 Å². The van der Waals surface area contributed by atoms with Crippen LogP contribution in [0.2, 0.25) is 0 Å². The predicted molar refractivity (Wildman–Crippen MR) is 66.4 cm³/mol. The molecule has 8 nitrogen and oxygen atoms in total. The molecule has 1 aliphatic rings. The van der Waals surface area contributed by atoms with Crippen LogP contribution >= 0.6 is 0 Å². The molecule has 0 fully saturated rings. The molecule has 0 atom stereocenters. The lowest BCUT2D eigenvalue weighted by atomic mass is 10.2. The molecule has 0 radical (unpaired) electrons. The highest BCUT2D eigenvalue weighted by Gasteiger charge is 2.27. The van der Waals surface area contributed by atoms with E-state index in [9.17, 15) is 14.4 Å². The van der Waals surface area contributed by atoms with Crippen molar-refractivity contribution in [3.63, 3.8) is 0 Å². The number of carbonyl (C=O) groups is 3. The number of urea groups is 1. The van der Waals surface area contributed by atoms with Gasteiger partial charge in [0.15, 0.2) is 6.61 Å². The number of primary amides is 1. The second kappa shape index (κ2) is 4.84. The third kappa shape index (κ3) is 2.73. The molecule has 0 aliphatic carbocycles. The van der Waals surface area contributed by atoms with E-state index >= 15 is 0 Å². The molecule has 100 valence electrons. The van der Waals surface area contributed by atoms with Gasteiger partial charge >= 0.3 is 6.03 Å². The number of imide groups is 1. The van der Waals surface area contributed by atoms with Gasteiger partial charge in [0.25, 0.3) is 5.91 Å². The number of anilines is 2. The van der Waals surface area contributed by atoms with Crippen molar-refractivity contribution in [3.8, 4) is 5.75 Å². The van der Waals surface area contributed by atoms with Crippen LogP contribution in [0.15, 0.2) is 18.2 Å². The third-order valence-electron chi connectivity index (χ3n) is 2.49. The van der Waals surface area contributed by atoms with E-state index in [0.29, 0.717) is 17.1 Å². The first kappa shape index (κ1) is 12.7. The minimum absolute atomic E-state index is 0.194. The second-order valence-corrected chi connectivity index (χ2v) is 3.91. The van der Waals surface area contributed by atoms with Crippen LogP contribution in [0.5, 0.6) is 5.75 Å². The van der Waals surface area contributed by atoms with Gasteiger partial charge in [0.1, 0.15) is 12.3 Å².